The molecule has 1 heterocycles. The van der Waals surface area contributed by atoms with E-state index in [4.69, 9.17) is 9.47 Å². The van der Waals surface area contributed by atoms with Gasteiger partial charge in [0.25, 0.3) is 0 Å². The Morgan fingerprint density at radius 3 is 2.57 bits per heavy atom. The van der Waals surface area contributed by atoms with E-state index in [9.17, 15) is 4.79 Å². The highest BCUT2D eigenvalue weighted by atomic mass is 16.5. The van der Waals surface area contributed by atoms with Crippen LogP contribution in [0.15, 0.2) is 60.7 Å². The molecule has 0 spiro atoms. The summed E-state index contributed by atoms with van der Waals surface area (Å²) < 4.78 is 10.6. The van der Waals surface area contributed by atoms with Crippen molar-refractivity contribution in [3.8, 4) is 5.75 Å². The van der Waals surface area contributed by atoms with Gasteiger partial charge in [0.05, 0.1) is 12.7 Å². The van der Waals surface area contributed by atoms with E-state index >= 15 is 0 Å². The molecule has 112 valence electrons. The maximum atomic E-state index is 12.0. The summed E-state index contributed by atoms with van der Waals surface area (Å²) in [5.41, 5.74) is 2.33. The number of esters is 1. The molecule has 0 radical (unpaired) electrons. The lowest BCUT2D eigenvalue weighted by atomic mass is 10.0. The van der Waals surface area contributed by atoms with Crippen LogP contribution >= 0.6 is 0 Å². The van der Waals surface area contributed by atoms with Gasteiger partial charge in [-0.2, -0.15) is 0 Å². The van der Waals surface area contributed by atoms with Crippen molar-refractivity contribution in [3.05, 3.63) is 77.4 Å². The second-order valence-corrected chi connectivity index (χ2v) is 5.42. The zero-order valence-corrected chi connectivity index (χ0v) is 12.6. The van der Waals surface area contributed by atoms with Gasteiger partial charge in [-0.25, -0.2) is 4.79 Å². The number of carbonyl (C=O) groups excluding carboxylic acids is 1. The van der Waals surface area contributed by atoms with Gasteiger partial charge in [0.15, 0.2) is 0 Å². The lowest BCUT2D eigenvalue weighted by molar-refractivity contribution is 0.0717. The van der Waals surface area contributed by atoms with E-state index in [0.29, 0.717) is 17.1 Å². The molecule has 0 atom stereocenters. The highest BCUT2D eigenvalue weighted by molar-refractivity contribution is 6.06. The van der Waals surface area contributed by atoms with Crippen LogP contribution in [-0.2, 0) is 4.74 Å². The van der Waals surface area contributed by atoms with E-state index in [1.807, 2.05) is 36.4 Å². The Hall–Kier alpha value is -3.07. The fraction of sp³-hybridized carbons (Fsp3) is 0.0500. The predicted octanol–water partition coefficient (Wildman–Crippen LogP) is 4.52. The molecule has 4 rings (SSSR count). The maximum Gasteiger partial charge on any atom is 0.344 e. The van der Waals surface area contributed by atoms with E-state index in [0.717, 1.165) is 16.5 Å². The molecule has 0 bridgehead atoms. The number of hydrogen-bond acceptors (Lipinski definition) is 3. The van der Waals surface area contributed by atoms with Gasteiger partial charge in [-0.3, -0.25) is 0 Å². The average Bonchev–Trinajstić information content (AvgIpc) is 2.90. The number of rotatable bonds is 2. The van der Waals surface area contributed by atoms with Crippen molar-refractivity contribution in [1.29, 1.82) is 0 Å². The van der Waals surface area contributed by atoms with Gasteiger partial charge in [-0.1, -0.05) is 36.4 Å². The minimum Gasteiger partial charge on any atom is -0.497 e. The van der Waals surface area contributed by atoms with Crippen molar-refractivity contribution in [3.63, 3.8) is 0 Å². The number of ether oxygens (including phenoxy) is 2. The van der Waals surface area contributed by atoms with Crippen molar-refractivity contribution < 1.29 is 14.3 Å². The summed E-state index contributed by atoms with van der Waals surface area (Å²) in [6, 6.07) is 19.7. The predicted molar refractivity (Wildman–Crippen MR) is 90.2 cm³/mol. The van der Waals surface area contributed by atoms with Gasteiger partial charge < -0.3 is 9.47 Å². The first-order valence-electron chi connectivity index (χ1n) is 7.36. The van der Waals surface area contributed by atoms with Gasteiger partial charge in [0.1, 0.15) is 11.5 Å². The van der Waals surface area contributed by atoms with Crippen LogP contribution in [0.25, 0.3) is 22.6 Å². The van der Waals surface area contributed by atoms with Crippen LogP contribution in [0.4, 0.5) is 0 Å². The highest BCUT2D eigenvalue weighted by Gasteiger charge is 2.26. The van der Waals surface area contributed by atoms with Crippen molar-refractivity contribution in [1.82, 2.24) is 0 Å². The summed E-state index contributed by atoms with van der Waals surface area (Å²) in [5, 5.41) is 2.34. The molecule has 0 unspecified atom stereocenters. The van der Waals surface area contributed by atoms with E-state index < -0.39 is 0 Å². The Kier molecular flexibility index (Phi) is 3.12. The third-order valence-corrected chi connectivity index (χ3v) is 3.99. The van der Waals surface area contributed by atoms with Crippen LogP contribution in [0.5, 0.6) is 5.75 Å². The molecule has 1 aliphatic heterocycles. The minimum atomic E-state index is -0.342. The van der Waals surface area contributed by atoms with Crippen LogP contribution in [0.1, 0.15) is 21.5 Å². The van der Waals surface area contributed by atoms with E-state index in [1.165, 1.54) is 5.39 Å². The number of methoxy groups -OCH3 is 1. The Morgan fingerprint density at radius 2 is 1.74 bits per heavy atom. The van der Waals surface area contributed by atoms with Gasteiger partial charge >= 0.3 is 5.97 Å². The largest absolute Gasteiger partial charge is 0.497 e. The normalized spacial score (nSPS) is 14.8. The lowest BCUT2D eigenvalue weighted by Crippen LogP contribution is -1.94. The van der Waals surface area contributed by atoms with Crippen molar-refractivity contribution in [2.45, 2.75) is 0 Å². The van der Waals surface area contributed by atoms with E-state index in [1.54, 1.807) is 13.2 Å². The van der Waals surface area contributed by atoms with Crippen LogP contribution in [-0.4, -0.2) is 13.1 Å². The average molecular weight is 302 g/mol. The number of benzene rings is 3. The molecule has 0 saturated heterocycles. The molecule has 3 nitrogen and oxygen atoms in total. The maximum absolute atomic E-state index is 12.0. The quantitative estimate of drug-likeness (QED) is 0.653. The summed E-state index contributed by atoms with van der Waals surface area (Å²) >= 11 is 0. The summed E-state index contributed by atoms with van der Waals surface area (Å²) in [7, 11) is 1.58. The highest BCUT2D eigenvalue weighted by Crippen LogP contribution is 2.34. The second kappa shape index (κ2) is 5.29. The minimum absolute atomic E-state index is 0.342. The smallest absolute Gasteiger partial charge is 0.344 e. The molecule has 3 aromatic carbocycles. The fourth-order valence-corrected chi connectivity index (χ4v) is 2.80. The summed E-state index contributed by atoms with van der Waals surface area (Å²) in [4.78, 5) is 12.0. The van der Waals surface area contributed by atoms with Crippen LogP contribution in [0.2, 0.25) is 0 Å². The molecule has 3 aromatic rings. The molecule has 0 aliphatic carbocycles. The molecule has 0 N–H and O–H groups in total. The molecule has 1 aliphatic rings. The molecule has 0 saturated carbocycles. The second-order valence-electron chi connectivity index (χ2n) is 5.42. The Morgan fingerprint density at radius 1 is 0.913 bits per heavy atom. The summed E-state index contributed by atoms with van der Waals surface area (Å²) in [6.45, 7) is 0. The van der Waals surface area contributed by atoms with Crippen molar-refractivity contribution >= 4 is 28.6 Å². The molecule has 3 heteroatoms. The third kappa shape index (κ3) is 2.36. The van der Waals surface area contributed by atoms with Gasteiger partial charge in [-0.05, 0) is 46.7 Å². The molecule has 0 aromatic heterocycles. The van der Waals surface area contributed by atoms with Gasteiger partial charge in [0.2, 0.25) is 0 Å². The van der Waals surface area contributed by atoms with Crippen molar-refractivity contribution in [2.75, 3.05) is 7.11 Å². The Bertz CT molecular complexity index is 954. The van der Waals surface area contributed by atoms with E-state index in [-0.39, 0.29) is 5.97 Å². The fourth-order valence-electron chi connectivity index (χ4n) is 2.80. The topological polar surface area (TPSA) is 35.5 Å². The Labute approximate surface area is 133 Å². The zero-order valence-electron chi connectivity index (χ0n) is 12.6. The number of hydrogen-bond donors (Lipinski definition) is 0. The monoisotopic (exact) mass is 302 g/mol. The van der Waals surface area contributed by atoms with Gasteiger partial charge in [-0.15, -0.1) is 0 Å². The first kappa shape index (κ1) is 13.6. The summed E-state index contributed by atoms with van der Waals surface area (Å²) in [5.74, 6) is 0.876. The first-order valence-corrected chi connectivity index (χ1v) is 7.36. The first-order chi connectivity index (χ1) is 11.2. The standard InChI is InChI=1S/C20H14O3/c1-22-16-8-9-17-18(12-16)20(21)23-19(17)11-13-6-7-14-4-2-3-5-15(14)10-13/h2-12H,1H3/b19-11-. The Balaban J connectivity index is 1.79. The number of cyclic esters (lactones) is 1. The van der Waals surface area contributed by atoms with E-state index in [2.05, 4.69) is 24.3 Å². The van der Waals surface area contributed by atoms with Crippen LogP contribution in [0.3, 0.4) is 0 Å². The molecule has 0 amide bonds. The van der Waals surface area contributed by atoms with Crippen LogP contribution < -0.4 is 4.74 Å². The third-order valence-electron chi connectivity index (χ3n) is 3.99. The lowest BCUT2D eigenvalue weighted by Gasteiger charge is -2.02. The summed E-state index contributed by atoms with van der Waals surface area (Å²) in [6.07, 6.45) is 1.89. The number of fused-ring (bicyclic) bond motifs is 2. The van der Waals surface area contributed by atoms with Gasteiger partial charge in [0, 0.05) is 5.56 Å². The van der Waals surface area contributed by atoms with Crippen LogP contribution in [0, 0.1) is 0 Å². The van der Waals surface area contributed by atoms with Crippen molar-refractivity contribution in [2.24, 2.45) is 0 Å². The SMILES string of the molecule is COc1ccc2c(c1)C(=O)O/C2=C\c1ccc2ccccc2c1. The molecule has 0 fully saturated rings. The molecular weight excluding hydrogens is 288 g/mol. The molecule has 23 heavy (non-hydrogen) atoms. The zero-order chi connectivity index (χ0) is 15.8. The number of carbonyl (C=O) groups is 1. The molecular formula is C20H14O3.